The molecule has 0 bridgehead atoms. The minimum Gasteiger partial charge on any atom is -0.348 e. The van der Waals surface area contributed by atoms with E-state index in [2.05, 4.69) is 30.5 Å². The van der Waals surface area contributed by atoms with Gasteiger partial charge in [-0.3, -0.25) is 4.79 Å². The minimum atomic E-state index is 0.0469. The summed E-state index contributed by atoms with van der Waals surface area (Å²) in [5.74, 6) is 0.0469. The van der Waals surface area contributed by atoms with Crippen molar-refractivity contribution in [2.75, 3.05) is 0 Å². The number of hydrogen-bond donors (Lipinski definition) is 2. The van der Waals surface area contributed by atoms with Gasteiger partial charge in [-0.15, -0.1) is 0 Å². The van der Waals surface area contributed by atoms with Crippen molar-refractivity contribution < 1.29 is 4.79 Å². The monoisotopic (exact) mass is 260 g/mol. The van der Waals surface area contributed by atoms with Crippen molar-refractivity contribution in [1.29, 1.82) is 0 Å². The van der Waals surface area contributed by atoms with E-state index in [1.807, 2.05) is 26.0 Å². The fourth-order valence-electron chi connectivity index (χ4n) is 2.84. The van der Waals surface area contributed by atoms with Crippen LogP contribution in [0.5, 0.6) is 0 Å². The SMILES string of the molecule is Cc1ccc(C(=O)NC2CCC(C)NC2C)c(C)c1. The molecular weight excluding hydrogens is 236 g/mol. The van der Waals surface area contributed by atoms with E-state index in [-0.39, 0.29) is 11.9 Å². The Hall–Kier alpha value is -1.35. The summed E-state index contributed by atoms with van der Waals surface area (Å²) < 4.78 is 0. The van der Waals surface area contributed by atoms with Crippen LogP contribution >= 0.6 is 0 Å². The van der Waals surface area contributed by atoms with Gasteiger partial charge in [-0.05, 0) is 52.2 Å². The largest absolute Gasteiger partial charge is 0.348 e. The van der Waals surface area contributed by atoms with Gasteiger partial charge in [0, 0.05) is 23.7 Å². The quantitative estimate of drug-likeness (QED) is 0.858. The molecule has 0 spiro atoms. The van der Waals surface area contributed by atoms with Gasteiger partial charge in [0.25, 0.3) is 5.91 Å². The van der Waals surface area contributed by atoms with Crippen molar-refractivity contribution in [1.82, 2.24) is 10.6 Å². The Morgan fingerprint density at radius 2 is 2.00 bits per heavy atom. The lowest BCUT2D eigenvalue weighted by Gasteiger charge is -2.34. The molecule has 1 saturated heterocycles. The number of nitrogens with one attached hydrogen (secondary N) is 2. The van der Waals surface area contributed by atoms with E-state index in [0.29, 0.717) is 12.1 Å². The first-order valence-corrected chi connectivity index (χ1v) is 7.11. The van der Waals surface area contributed by atoms with E-state index >= 15 is 0 Å². The number of benzene rings is 1. The third-order valence-corrected chi connectivity index (χ3v) is 4.00. The zero-order valence-electron chi connectivity index (χ0n) is 12.3. The van der Waals surface area contributed by atoms with Crippen LogP contribution in [0.2, 0.25) is 0 Å². The molecule has 3 atom stereocenters. The molecule has 1 aromatic rings. The molecule has 0 radical (unpaired) electrons. The second-order valence-electron chi connectivity index (χ2n) is 5.83. The van der Waals surface area contributed by atoms with E-state index in [9.17, 15) is 4.79 Å². The van der Waals surface area contributed by atoms with Gasteiger partial charge in [-0.1, -0.05) is 17.7 Å². The molecule has 3 nitrogen and oxygen atoms in total. The summed E-state index contributed by atoms with van der Waals surface area (Å²) in [5.41, 5.74) is 3.02. The summed E-state index contributed by atoms with van der Waals surface area (Å²) in [4.78, 5) is 12.3. The average molecular weight is 260 g/mol. The Balaban J connectivity index is 2.04. The molecule has 0 aliphatic carbocycles. The first-order chi connectivity index (χ1) is 8.97. The second kappa shape index (κ2) is 5.74. The highest BCUT2D eigenvalue weighted by molar-refractivity contribution is 5.95. The molecule has 0 saturated carbocycles. The molecule has 1 aromatic carbocycles. The van der Waals surface area contributed by atoms with E-state index < -0.39 is 0 Å². The predicted octanol–water partition coefficient (Wildman–Crippen LogP) is 2.56. The van der Waals surface area contributed by atoms with Crippen LogP contribution in [0.3, 0.4) is 0 Å². The van der Waals surface area contributed by atoms with Crippen LogP contribution in [-0.2, 0) is 0 Å². The summed E-state index contributed by atoms with van der Waals surface area (Å²) in [6, 6.07) is 7.07. The highest BCUT2D eigenvalue weighted by Crippen LogP contribution is 2.15. The van der Waals surface area contributed by atoms with Gasteiger partial charge >= 0.3 is 0 Å². The summed E-state index contributed by atoms with van der Waals surface area (Å²) in [7, 11) is 0. The van der Waals surface area contributed by atoms with Gasteiger partial charge in [0.05, 0.1) is 0 Å². The molecule has 3 unspecified atom stereocenters. The number of rotatable bonds is 2. The standard InChI is InChI=1S/C16H24N2O/c1-10-5-7-14(11(2)9-10)16(19)18-15-8-6-12(3)17-13(15)4/h5,7,9,12-13,15,17H,6,8H2,1-4H3,(H,18,19). The Kier molecular flexibility index (Phi) is 4.25. The third-order valence-electron chi connectivity index (χ3n) is 4.00. The van der Waals surface area contributed by atoms with Gasteiger partial charge in [0.15, 0.2) is 0 Å². The Morgan fingerprint density at radius 1 is 1.26 bits per heavy atom. The molecule has 1 heterocycles. The topological polar surface area (TPSA) is 41.1 Å². The molecule has 1 aliphatic rings. The van der Waals surface area contributed by atoms with Crippen molar-refractivity contribution in [3.63, 3.8) is 0 Å². The van der Waals surface area contributed by atoms with Crippen LogP contribution < -0.4 is 10.6 Å². The van der Waals surface area contributed by atoms with Crippen LogP contribution in [0.25, 0.3) is 0 Å². The lowest BCUT2D eigenvalue weighted by atomic mass is 9.94. The van der Waals surface area contributed by atoms with Gasteiger partial charge in [0.1, 0.15) is 0 Å². The van der Waals surface area contributed by atoms with Gasteiger partial charge in [-0.2, -0.15) is 0 Å². The molecule has 19 heavy (non-hydrogen) atoms. The van der Waals surface area contributed by atoms with E-state index in [1.54, 1.807) is 0 Å². The molecule has 1 aliphatic heterocycles. The zero-order chi connectivity index (χ0) is 14.0. The highest BCUT2D eigenvalue weighted by Gasteiger charge is 2.26. The number of aryl methyl sites for hydroxylation is 2. The summed E-state index contributed by atoms with van der Waals surface area (Å²) in [5, 5.41) is 6.66. The molecular formula is C16H24N2O. The van der Waals surface area contributed by atoms with Crippen molar-refractivity contribution >= 4 is 5.91 Å². The third kappa shape index (κ3) is 3.35. The fourth-order valence-corrected chi connectivity index (χ4v) is 2.84. The van der Waals surface area contributed by atoms with Crippen LogP contribution in [-0.4, -0.2) is 24.0 Å². The van der Waals surface area contributed by atoms with Crippen molar-refractivity contribution in [2.45, 2.75) is 58.7 Å². The average Bonchev–Trinajstić information content (AvgIpc) is 2.32. The molecule has 3 heteroatoms. The Morgan fingerprint density at radius 3 is 2.63 bits per heavy atom. The normalized spacial score (nSPS) is 27.1. The lowest BCUT2D eigenvalue weighted by Crippen LogP contribution is -2.54. The fraction of sp³-hybridized carbons (Fsp3) is 0.562. The van der Waals surface area contributed by atoms with Gasteiger partial charge in [-0.25, -0.2) is 0 Å². The van der Waals surface area contributed by atoms with Gasteiger partial charge < -0.3 is 10.6 Å². The number of hydrogen-bond acceptors (Lipinski definition) is 2. The summed E-state index contributed by atoms with van der Waals surface area (Å²) >= 11 is 0. The predicted molar refractivity (Wildman–Crippen MR) is 78.5 cm³/mol. The van der Waals surface area contributed by atoms with Crippen LogP contribution in [0.15, 0.2) is 18.2 Å². The van der Waals surface area contributed by atoms with Crippen molar-refractivity contribution in [3.05, 3.63) is 34.9 Å². The van der Waals surface area contributed by atoms with E-state index in [1.165, 1.54) is 5.56 Å². The number of piperidine rings is 1. The van der Waals surface area contributed by atoms with Crippen LogP contribution in [0.4, 0.5) is 0 Å². The number of carbonyl (C=O) groups is 1. The van der Waals surface area contributed by atoms with Crippen LogP contribution in [0, 0.1) is 13.8 Å². The van der Waals surface area contributed by atoms with Crippen molar-refractivity contribution in [2.24, 2.45) is 0 Å². The first-order valence-electron chi connectivity index (χ1n) is 7.11. The first kappa shape index (κ1) is 14.1. The Bertz CT molecular complexity index is 470. The lowest BCUT2D eigenvalue weighted by molar-refractivity contribution is 0.0914. The van der Waals surface area contributed by atoms with Gasteiger partial charge in [0.2, 0.25) is 0 Å². The molecule has 2 N–H and O–H groups in total. The highest BCUT2D eigenvalue weighted by atomic mass is 16.1. The molecule has 1 amide bonds. The van der Waals surface area contributed by atoms with Crippen molar-refractivity contribution in [3.8, 4) is 0 Å². The molecule has 2 rings (SSSR count). The number of carbonyl (C=O) groups excluding carboxylic acids is 1. The van der Waals surface area contributed by atoms with E-state index in [4.69, 9.17) is 0 Å². The maximum absolute atomic E-state index is 12.3. The maximum atomic E-state index is 12.3. The minimum absolute atomic E-state index is 0.0469. The van der Waals surface area contributed by atoms with Crippen LogP contribution in [0.1, 0.15) is 48.2 Å². The Labute approximate surface area is 115 Å². The molecule has 104 valence electrons. The second-order valence-corrected chi connectivity index (χ2v) is 5.83. The smallest absolute Gasteiger partial charge is 0.251 e. The molecule has 0 aromatic heterocycles. The van der Waals surface area contributed by atoms with E-state index in [0.717, 1.165) is 24.0 Å². The summed E-state index contributed by atoms with van der Waals surface area (Å²) in [6.07, 6.45) is 2.16. The number of amides is 1. The maximum Gasteiger partial charge on any atom is 0.251 e. The zero-order valence-corrected chi connectivity index (χ0v) is 12.3. The summed E-state index contributed by atoms with van der Waals surface area (Å²) in [6.45, 7) is 8.37. The molecule has 1 fully saturated rings.